The minimum atomic E-state index is 0.591. The van der Waals surface area contributed by atoms with Crippen molar-refractivity contribution in [3.05, 3.63) is 23.2 Å². The zero-order chi connectivity index (χ0) is 11.0. The molecule has 5 heteroatoms. The van der Waals surface area contributed by atoms with Crippen LogP contribution in [-0.2, 0) is 0 Å². The monoisotopic (exact) mass is 231 g/mol. The highest BCUT2D eigenvalue weighted by molar-refractivity contribution is 7.78. The minimum Gasteiger partial charge on any atom is -0.497 e. The topological polar surface area (TPSA) is 42.3 Å². The van der Waals surface area contributed by atoms with E-state index in [1.54, 1.807) is 37.6 Å². The average molecular weight is 232 g/mol. The molecular weight excluding hydrogens is 222 g/mol. The van der Waals surface area contributed by atoms with Crippen LogP contribution >= 0.6 is 23.8 Å². The van der Waals surface area contributed by atoms with E-state index in [4.69, 9.17) is 26.5 Å². The third-order valence-corrected chi connectivity index (χ3v) is 1.67. The molecule has 0 bridgehead atoms. The third kappa shape index (κ3) is 4.23. The first-order valence-electron chi connectivity index (χ1n) is 3.61. The Balaban J connectivity index is 0.000000500. The number of methoxy groups -OCH3 is 2. The van der Waals surface area contributed by atoms with Crippen molar-refractivity contribution in [2.75, 3.05) is 14.2 Å². The van der Waals surface area contributed by atoms with Crippen molar-refractivity contribution in [3.63, 3.8) is 0 Å². The number of hydrogen-bond donors (Lipinski definition) is 1. The molecule has 0 saturated carbocycles. The van der Waals surface area contributed by atoms with Crippen LogP contribution in [0.1, 0.15) is 0 Å². The predicted octanol–water partition coefficient (Wildman–Crippen LogP) is 3.03. The van der Waals surface area contributed by atoms with Gasteiger partial charge in [-0.3, -0.25) is 0 Å². The molecule has 0 heterocycles. The van der Waals surface area contributed by atoms with Gasteiger partial charge in [-0.25, -0.2) is 5.41 Å². The Labute approximate surface area is 93.1 Å². The van der Waals surface area contributed by atoms with Gasteiger partial charge in [-0.2, -0.15) is 0 Å². The molecule has 1 rings (SSSR count). The molecule has 0 radical (unpaired) electrons. The first-order chi connectivity index (χ1) is 6.69. The lowest BCUT2D eigenvalue weighted by Crippen LogP contribution is -1.86. The summed E-state index contributed by atoms with van der Waals surface area (Å²) in [6, 6.07) is 5.26. The van der Waals surface area contributed by atoms with E-state index in [1.165, 1.54) is 0 Å². The van der Waals surface area contributed by atoms with Gasteiger partial charge >= 0.3 is 0 Å². The fraction of sp³-hybridized carbons (Fsp3) is 0.222. The Morgan fingerprint density at radius 2 is 1.93 bits per heavy atom. The van der Waals surface area contributed by atoms with Gasteiger partial charge in [-0.05, 0) is 24.4 Å². The van der Waals surface area contributed by atoms with Crippen LogP contribution in [-0.4, -0.2) is 19.4 Å². The van der Waals surface area contributed by atoms with Crippen LogP contribution in [0.25, 0.3) is 0 Å². The largest absolute Gasteiger partial charge is 0.497 e. The lowest BCUT2D eigenvalue weighted by Gasteiger charge is -2.04. The SMILES string of the molecule is COc1ccc(Cl)c(OC)c1.N=C=S. The van der Waals surface area contributed by atoms with E-state index in [-0.39, 0.29) is 0 Å². The van der Waals surface area contributed by atoms with Crippen LogP contribution in [0.3, 0.4) is 0 Å². The van der Waals surface area contributed by atoms with Gasteiger partial charge in [0.1, 0.15) is 11.5 Å². The number of benzene rings is 1. The average Bonchev–Trinajstić information content (AvgIpc) is 2.20. The summed E-state index contributed by atoms with van der Waals surface area (Å²) in [5.74, 6) is 1.37. The van der Waals surface area contributed by atoms with E-state index in [1.807, 2.05) is 0 Å². The van der Waals surface area contributed by atoms with Gasteiger partial charge < -0.3 is 9.47 Å². The summed E-state index contributed by atoms with van der Waals surface area (Å²) in [6.45, 7) is 0. The Hall–Kier alpha value is -1.09. The van der Waals surface area contributed by atoms with Crippen molar-refractivity contribution in [3.8, 4) is 11.5 Å². The van der Waals surface area contributed by atoms with Crippen molar-refractivity contribution in [2.45, 2.75) is 0 Å². The molecule has 0 fully saturated rings. The van der Waals surface area contributed by atoms with E-state index >= 15 is 0 Å². The molecule has 14 heavy (non-hydrogen) atoms. The molecule has 0 spiro atoms. The second-order valence-electron chi connectivity index (χ2n) is 2.10. The first-order valence-corrected chi connectivity index (χ1v) is 4.39. The number of hydrogen-bond acceptors (Lipinski definition) is 4. The highest BCUT2D eigenvalue weighted by Crippen LogP contribution is 2.28. The summed E-state index contributed by atoms with van der Waals surface area (Å²) >= 11 is 9.58. The van der Waals surface area contributed by atoms with Gasteiger partial charge in [0, 0.05) is 6.07 Å². The summed E-state index contributed by atoms with van der Waals surface area (Å²) in [5, 5.41) is 7.95. The summed E-state index contributed by atoms with van der Waals surface area (Å²) in [5.41, 5.74) is 0. The molecule has 0 atom stereocenters. The van der Waals surface area contributed by atoms with Gasteiger partial charge in [0.2, 0.25) is 0 Å². The summed E-state index contributed by atoms with van der Waals surface area (Å²) < 4.78 is 9.95. The van der Waals surface area contributed by atoms with Crippen molar-refractivity contribution in [1.29, 1.82) is 5.41 Å². The Bertz CT molecular complexity index is 325. The van der Waals surface area contributed by atoms with Crippen LogP contribution < -0.4 is 9.47 Å². The number of halogens is 1. The van der Waals surface area contributed by atoms with Crippen LogP contribution in [0.5, 0.6) is 11.5 Å². The number of isothiocyanates is 1. The Kier molecular flexibility index (Phi) is 6.76. The standard InChI is InChI=1S/C8H9ClO2.CHNS/c1-10-6-3-4-7(9)8(5-6)11-2;2-1-3/h3-5H,1-2H3;2H. The lowest BCUT2D eigenvalue weighted by atomic mass is 10.3. The molecule has 0 aliphatic heterocycles. The van der Waals surface area contributed by atoms with Crippen molar-refractivity contribution < 1.29 is 9.47 Å². The van der Waals surface area contributed by atoms with E-state index in [9.17, 15) is 0 Å². The minimum absolute atomic E-state index is 0.591. The first kappa shape index (κ1) is 12.9. The van der Waals surface area contributed by atoms with Crippen molar-refractivity contribution >= 4 is 29.0 Å². The highest BCUT2D eigenvalue weighted by atomic mass is 35.5. The molecule has 0 aliphatic rings. The fourth-order valence-corrected chi connectivity index (χ4v) is 0.962. The third-order valence-electron chi connectivity index (χ3n) is 1.36. The van der Waals surface area contributed by atoms with Gasteiger partial charge in [-0.15, -0.1) is 0 Å². The normalized spacial score (nSPS) is 7.93. The van der Waals surface area contributed by atoms with Gasteiger partial charge in [-0.1, -0.05) is 11.6 Å². The van der Waals surface area contributed by atoms with E-state index in [0.717, 1.165) is 5.75 Å². The van der Waals surface area contributed by atoms with Crippen LogP contribution in [0.4, 0.5) is 0 Å². The molecule has 1 N–H and O–H groups in total. The fourth-order valence-electron chi connectivity index (χ4n) is 0.767. The second-order valence-corrected chi connectivity index (χ2v) is 2.71. The zero-order valence-corrected chi connectivity index (χ0v) is 9.41. The predicted molar refractivity (Wildman–Crippen MR) is 59.9 cm³/mol. The van der Waals surface area contributed by atoms with Gasteiger partial charge in [0.15, 0.2) is 0 Å². The van der Waals surface area contributed by atoms with Crippen LogP contribution in [0.15, 0.2) is 18.2 Å². The maximum absolute atomic E-state index is 5.77. The number of thiocarbonyl (C=S) groups is 1. The zero-order valence-electron chi connectivity index (χ0n) is 7.83. The number of rotatable bonds is 2. The molecule has 1 aromatic rings. The molecule has 1 aromatic carbocycles. The highest BCUT2D eigenvalue weighted by Gasteiger charge is 2.00. The second kappa shape index (κ2) is 7.33. The van der Waals surface area contributed by atoms with Crippen LogP contribution in [0, 0.1) is 5.41 Å². The lowest BCUT2D eigenvalue weighted by molar-refractivity contribution is 0.394. The maximum Gasteiger partial charge on any atom is 0.141 e. The molecule has 3 nitrogen and oxygen atoms in total. The van der Waals surface area contributed by atoms with E-state index < -0.39 is 0 Å². The molecule has 0 unspecified atom stereocenters. The molecule has 0 aromatic heterocycles. The number of nitrogens with one attached hydrogen (secondary N) is 1. The van der Waals surface area contributed by atoms with Crippen LogP contribution in [0.2, 0.25) is 5.02 Å². The Morgan fingerprint density at radius 1 is 1.36 bits per heavy atom. The van der Waals surface area contributed by atoms with Gasteiger partial charge in [0.25, 0.3) is 0 Å². The smallest absolute Gasteiger partial charge is 0.141 e. The summed E-state index contributed by atoms with van der Waals surface area (Å²) in [7, 11) is 3.17. The van der Waals surface area contributed by atoms with E-state index in [2.05, 4.69) is 12.2 Å². The molecule has 0 amide bonds. The quantitative estimate of drug-likeness (QED) is 0.629. The van der Waals surface area contributed by atoms with Gasteiger partial charge in [0.05, 0.1) is 24.4 Å². The van der Waals surface area contributed by atoms with Crippen molar-refractivity contribution in [1.82, 2.24) is 0 Å². The Morgan fingerprint density at radius 3 is 2.36 bits per heavy atom. The molecule has 0 aliphatic carbocycles. The molecular formula is C9H10ClNO2S. The maximum atomic E-state index is 5.77. The number of ether oxygens (including phenoxy) is 2. The van der Waals surface area contributed by atoms with Crippen molar-refractivity contribution in [2.24, 2.45) is 0 Å². The molecule has 0 saturated heterocycles. The van der Waals surface area contributed by atoms with E-state index in [0.29, 0.717) is 10.8 Å². The molecule has 76 valence electrons. The summed E-state index contributed by atoms with van der Waals surface area (Å²) in [6.07, 6.45) is 0. The summed E-state index contributed by atoms with van der Waals surface area (Å²) in [4.78, 5) is 0.